The molecule has 0 radical (unpaired) electrons. The first-order valence-corrected chi connectivity index (χ1v) is 4.77. The maximum absolute atomic E-state index is 10.4. The summed E-state index contributed by atoms with van der Waals surface area (Å²) in [5, 5.41) is 10.1. The van der Waals surface area contributed by atoms with Gasteiger partial charge in [-0.2, -0.15) is 8.42 Å². The molecule has 0 saturated carbocycles. The van der Waals surface area contributed by atoms with E-state index < -0.39 is 22.2 Å². The summed E-state index contributed by atoms with van der Waals surface area (Å²) in [7, 11) is -3.70. The molecule has 1 atom stereocenters. The summed E-state index contributed by atoms with van der Waals surface area (Å²) in [5.74, 6) is -1.52. The molecule has 0 aromatic carbocycles. The Morgan fingerprint density at radius 1 is 1.64 bits per heavy atom. The van der Waals surface area contributed by atoms with E-state index in [0.717, 1.165) is 6.26 Å². The Bertz CT molecular complexity index is 229. The van der Waals surface area contributed by atoms with E-state index in [0.29, 0.717) is 0 Å². The fourth-order valence-electron chi connectivity index (χ4n) is 0.485. The van der Waals surface area contributed by atoms with Crippen LogP contribution in [0.2, 0.25) is 0 Å². The molecule has 0 rings (SSSR count). The third-order valence-electron chi connectivity index (χ3n) is 0.925. The van der Waals surface area contributed by atoms with Gasteiger partial charge in [0.05, 0.1) is 12.2 Å². The second kappa shape index (κ2) is 3.68. The zero-order valence-electron chi connectivity index (χ0n) is 6.23. The summed E-state index contributed by atoms with van der Waals surface area (Å²) in [5.41, 5.74) is 0. The van der Waals surface area contributed by atoms with Crippen LogP contribution in [-0.2, 0) is 19.1 Å². The second-order valence-electron chi connectivity index (χ2n) is 2.02. The van der Waals surface area contributed by atoms with Crippen LogP contribution in [0.3, 0.4) is 0 Å². The molecule has 0 fully saturated rings. The Morgan fingerprint density at radius 2 is 2.09 bits per heavy atom. The minimum absolute atomic E-state index is 0.0649. The van der Waals surface area contributed by atoms with Crippen LogP contribution in [0.15, 0.2) is 0 Å². The summed E-state index contributed by atoms with van der Waals surface area (Å²) in [6.07, 6.45) is -0.515. The predicted octanol–water partition coefficient (Wildman–Crippen LogP) is -1.51. The molecule has 0 bridgehead atoms. The van der Waals surface area contributed by atoms with E-state index in [1.807, 2.05) is 0 Å². The van der Waals surface area contributed by atoms with Crippen LogP contribution in [-0.4, -0.2) is 26.7 Å². The monoisotopic (exact) mass is 181 g/mol. The second-order valence-corrected chi connectivity index (χ2v) is 3.62. The van der Waals surface area contributed by atoms with Crippen molar-refractivity contribution >= 4 is 16.1 Å². The molecule has 0 heterocycles. The number of carbonyl (C=O) groups is 1. The standard InChI is InChI=1S/C5H10O5S/c1-3-4(5(6)7)10-11(2,8)9/h4H,3H2,1-2H3,(H,6,7)/p-1. The van der Waals surface area contributed by atoms with Crippen LogP contribution < -0.4 is 5.11 Å². The molecular formula is C5H9O5S-. The Hall–Kier alpha value is -0.620. The SMILES string of the molecule is CCC(OS(C)(=O)=O)C(=O)[O-]. The molecule has 0 aromatic heterocycles. The maximum atomic E-state index is 10.4. The summed E-state index contributed by atoms with van der Waals surface area (Å²) < 4.78 is 24.9. The van der Waals surface area contributed by atoms with Crippen molar-refractivity contribution in [3.05, 3.63) is 0 Å². The van der Waals surface area contributed by atoms with Crippen molar-refractivity contribution in [1.29, 1.82) is 0 Å². The van der Waals surface area contributed by atoms with Crippen LogP contribution in [0, 0.1) is 0 Å². The minimum Gasteiger partial charge on any atom is -0.547 e. The van der Waals surface area contributed by atoms with Gasteiger partial charge in [-0.15, -0.1) is 0 Å². The lowest BCUT2D eigenvalue weighted by atomic mass is 10.3. The number of hydrogen-bond donors (Lipinski definition) is 0. The van der Waals surface area contributed by atoms with Crippen LogP contribution in [0.25, 0.3) is 0 Å². The van der Waals surface area contributed by atoms with Crippen molar-refractivity contribution in [1.82, 2.24) is 0 Å². The third-order valence-corrected chi connectivity index (χ3v) is 1.51. The van der Waals surface area contributed by atoms with Crippen molar-refractivity contribution in [3.8, 4) is 0 Å². The molecule has 0 spiro atoms. The number of aliphatic carboxylic acids is 1. The number of hydrogen-bond acceptors (Lipinski definition) is 5. The molecule has 0 aromatic rings. The molecule has 0 aliphatic rings. The molecule has 0 saturated heterocycles. The van der Waals surface area contributed by atoms with Gasteiger partial charge < -0.3 is 9.90 Å². The van der Waals surface area contributed by atoms with E-state index in [1.54, 1.807) is 0 Å². The van der Waals surface area contributed by atoms with Gasteiger partial charge >= 0.3 is 0 Å². The van der Waals surface area contributed by atoms with Crippen molar-refractivity contribution < 1.29 is 22.5 Å². The van der Waals surface area contributed by atoms with E-state index in [-0.39, 0.29) is 6.42 Å². The van der Waals surface area contributed by atoms with Gasteiger partial charge in [0.25, 0.3) is 10.1 Å². The predicted molar refractivity (Wildman–Crippen MR) is 35.0 cm³/mol. The fourth-order valence-corrected chi connectivity index (χ4v) is 1.12. The first-order valence-electron chi connectivity index (χ1n) is 2.96. The third kappa shape index (κ3) is 4.74. The Morgan fingerprint density at radius 3 is 2.18 bits per heavy atom. The number of carboxylic acids is 1. The zero-order chi connectivity index (χ0) is 9.07. The highest BCUT2D eigenvalue weighted by Gasteiger charge is 2.13. The lowest BCUT2D eigenvalue weighted by molar-refractivity contribution is -0.313. The minimum atomic E-state index is -3.70. The average molecular weight is 181 g/mol. The zero-order valence-corrected chi connectivity index (χ0v) is 7.05. The number of carboxylic acid groups (broad SMARTS) is 1. The molecule has 66 valence electrons. The van der Waals surface area contributed by atoms with E-state index in [4.69, 9.17) is 0 Å². The van der Waals surface area contributed by atoms with Gasteiger partial charge in [0.2, 0.25) is 0 Å². The number of carbonyl (C=O) groups excluding carboxylic acids is 1. The molecule has 6 heteroatoms. The summed E-state index contributed by atoms with van der Waals surface area (Å²) in [6, 6.07) is 0. The normalized spacial score (nSPS) is 14.4. The van der Waals surface area contributed by atoms with E-state index >= 15 is 0 Å². The molecule has 11 heavy (non-hydrogen) atoms. The summed E-state index contributed by atoms with van der Waals surface area (Å²) >= 11 is 0. The molecule has 0 N–H and O–H groups in total. The van der Waals surface area contributed by atoms with E-state index in [1.165, 1.54) is 6.92 Å². The molecule has 0 aliphatic carbocycles. The van der Waals surface area contributed by atoms with Crippen molar-refractivity contribution in [2.45, 2.75) is 19.4 Å². The van der Waals surface area contributed by atoms with Crippen molar-refractivity contribution in [2.75, 3.05) is 6.26 Å². The van der Waals surface area contributed by atoms with E-state index in [9.17, 15) is 18.3 Å². The first-order chi connectivity index (χ1) is 4.87. The van der Waals surface area contributed by atoms with Crippen LogP contribution in [0.5, 0.6) is 0 Å². The van der Waals surface area contributed by atoms with Gasteiger partial charge in [-0.05, 0) is 6.42 Å². The molecule has 0 aliphatic heterocycles. The van der Waals surface area contributed by atoms with Crippen molar-refractivity contribution in [2.24, 2.45) is 0 Å². The summed E-state index contributed by atoms with van der Waals surface area (Å²) in [6.45, 7) is 1.49. The fraction of sp³-hybridized carbons (Fsp3) is 0.800. The van der Waals surface area contributed by atoms with Gasteiger partial charge in [-0.1, -0.05) is 6.92 Å². The van der Waals surface area contributed by atoms with Crippen LogP contribution in [0.4, 0.5) is 0 Å². The highest BCUT2D eigenvalue weighted by Crippen LogP contribution is 2.00. The van der Waals surface area contributed by atoms with E-state index in [2.05, 4.69) is 4.18 Å². The van der Waals surface area contributed by atoms with Crippen LogP contribution >= 0.6 is 0 Å². The maximum Gasteiger partial charge on any atom is 0.265 e. The van der Waals surface area contributed by atoms with Gasteiger partial charge in [0, 0.05) is 0 Å². The highest BCUT2D eigenvalue weighted by molar-refractivity contribution is 7.86. The molecule has 1 unspecified atom stereocenters. The first kappa shape index (κ1) is 10.4. The largest absolute Gasteiger partial charge is 0.547 e. The molecule has 5 nitrogen and oxygen atoms in total. The smallest absolute Gasteiger partial charge is 0.265 e. The lowest BCUT2D eigenvalue weighted by Gasteiger charge is -2.14. The Balaban J connectivity index is 4.22. The van der Waals surface area contributed by atoms with Crippen LogP contribution in [0.1, 0.15) is 13.3 Å². The van der Waals surface area contributed by atoms with Gasteiger partial charge in [0.15, 0.2) is 0 Å². The highest BCUT2D eigenvalue weighted by atomic mass is 32.2. The lowest BCUT2D eigenvalue weighted by Crippen LogP contribution is -2.38. The molecule has 0 amide bonds. The van der Waals surface area contributed by atoms with Gasteiger partial charge in [-0.3, -0.25) is 4.18 Å². The Labute approximate surface area is 65.1 Å². The average Bonchev–Trinajstić information content (AvgIpc) is 1.80. The Kier molecular flexibility index (Phi) is 3.47. The van der Waals surface area contributed by atoms with Gasteiger partial charge in [-0.25, -0.2) is 0 Å². The van der Waals surface area contributed by atoms with Gasteiger partial charge in [0.1, 0.15) is 6.10 Å². The summed E-state index contributed by atoms with van der Waals surface area (Å²) in [4.78, 5) is 10.1. The quantitative estimate of drug-likeness (QED) is 0.492. The molecular weight excluding hydrogens is 172 g/mol. The number of rotatable bonds is 4. The van der Waals surface area contributed by atoms with Crippen molar-refractivity contribution in [3.63, 3.8) is 0 Å². The topological polar surface area (TPSA) is 83.5 Å².